The van der Waals surface area contributed by atoms with Crippen molar-refractivity contribution in [3.05, 3.63) is 97.2 Å². The van der Waals surface area contributed by atoms with Crippen LogP contribution in [-0.2, 0) is 9.53 Å². The Balaban J connectivity index is 1.70. The molecule has 0 radical (unpaired) electrons. The molecule has 0 fully saturated rings. The van der Waals surface area contributed by atoms with Crippen molar-refractivity contribution in [1.82, 2.24) is 0 Å². The third kappa shape index (κ3) is 5.49. The quantitative estimate of drug-likeness (QED) is 0.330. The van der Waals surface area contributed by atoms with E-state index in [0.29, 0.717) is 27.1 Å². The van der Waals surface area contributed by atoms with Gasteiger partial charge in [0.25, 0.3) is 5.91 Å². The predicted octanol–water partition coefficient (Wildman–Crippen LogP) is 7.61. The molecule has 178 valence electrons. The van der Waals surface area contributed by atoms with E-state index in [1.807, 2.05) is 0 Å². The highest BCUT2D eigenvalue weighted by Gasteiger charge is 2.34. The Kier molecular flexibility index (Phi) is 7.72. The fourth-order valence-electron chi connectivity index (χ4n) is 3.17. The van der Waals surface area contributed by atoms with Crippen molar-refractivity contribution in [1.29, 1.82) is 0 Å². The largest absolute Gasteiger partial charge is 0.506 e. The number of amides is 1. The molecule has 0 bridgehead atoms. The highest BCUT2D eigenvalue weighted by atomic mass is 35.5. The number of furan rings is 1. The number of carbonyl (C=O) groups is 2. The number of esters is 1. The molecule has 3 aromatic rings. The van der Waals surface area contributed by atoms with Crippen LogP contribution in [0.15, 0.2) is 80.2 Å². The van der Waals surface area contributed by atoms with Crippen LogP contribution >= 0.6 is 46.6 Å². The Bertz CT molecular complexity index is 1420. The smallest absolute Gasteiger partial charge is 0.344 e. The van der Waals surface area contributed by atoms with Gasteiger partial charge in [0.15, 0.2) is 0 Å². The highest BCUT2D eigenvalue weighted by Crippen LogP contribution is 2.40. The van der Waals surface area contributed by atoms with Crippen molar-refractivity contribution in [2.75, 3.05) is 6.61 Å². The maximum Gasteiger partial charge on any atom is 0.344 e. The Labute approximate surface area is 219 Å². The predicted molar refractivity (Wildman–Crippen MR) is 139 cm³/mol. The van der Waals surface area contributed by atoms with E-state index in [0.717, 1.165) is 11.8 Å². The molecule has 0 saturated heterocycles. The maximum atomic E-state index is 12.7. The van der Waals surface area contributed by atoms with E-state index in [2.05, 4.69) is 4.99 Å². The summed E-state index contributed by atoms with van der Waals surface area (Å²) in [5, 5.41) is 11.9. The molecule has 1 aliphatic rings. The van der Waals surface area contributed by atoms with Crippen molar-refractivity contribution in [2.24, 2.45) is 4.99 Å². The number of ether oxygens (including phenoxy) is 1. The van der Waals surface area contributed by atoms with Crippen molar-refractivity contribution in [3.63, 3.8) is 0 Å². The van der Waals surface area contributed by atoms with Gasteiger partial charge in [0.1, 0.15) is 27.9 Å². The Morgan fingerprint density at radius 3 is 2.57 bits per heavy atom. The molecular formula is C25H16Cl3NO5S. The average molecular weight is 549 g/mol. The number of aliphatic hydroxyl groups is 1. The molecule has 1 aliphatic heterocycles. The fraction of sp³-hybridized carbons (Fsp3) is 0.0800. The van der Waals surface area contributed by atoms with Crippen molar-refractivity contribution >= 4 is 69.6 Å². The molecule has 35 heavy (non-hydrogen) atoms. The molecule has 6 nitrogen and oxygen atoms in total. The molecule has 1 N–H and O–H groups in total. The van der Waals surface area contributed by atoms with Crippen LogP contribution in [0.3, 0.4) is 0 Å². The number of halogens is 3. The fourth-order valence-corrected chi connectivity index (χ4v) is 4.88. The first kappa shape index (κ1) is 25.1. The summed E-state index contributed by atoms with van der Waals surface area (Å²) in [5.41, 5.74) is 0.591. The van der Waals surface area contributed by atoms with E-state index in [9.17, 15) is 14.7 Å². The molecule has 1 aromatic heterocycles. The van der Waals surface area contributed by atoms with E-state index in [1.54, 1.807) is 55.5 Å². The van der Waals surface area contributed by atoms with Gasteiger partial charge in [-0.2, -0.15) is 0 Å². The molecule has 4 rings (SSSR count). The normalized spacial score (nSPS) is 15.8. The van der Waals surface area contributed by atoms with Gasteiger partial charge in [-0.05, 0) is 55.5 Å². The molecule has 2 aromatic carbocycles. The van der Waals surface area contributed by atoms with Crippen LogP contribution in [0.4, 0.5) is 0 Å². The lowest BCUT2D eigenvalue weighted by Gasteiger charge is -2.04. The van der Waals surface area contributed by atoms with Gasteiger partial charge < -0.3 is 14.3 Å². The molecule has 1 amide bonds. The summed E-state index contributed by atoms with van der Waals surface area (Å²) >= 11 is 19.3. The van der Waals surface area contributed by atoms with Gasteiger partial charge in [-0.1, -0.05) is 58.7 Å². The minimum Gasteiger partial charge on any atom is -0.506 e. The number of hydrogen-bond acceptors (Lipinski definition) is 6. The number of nitrogens with zero attached hydrogens (tertiary/aromatic N) is 1. The molecule has 0 unspecified atom stereocenters. The molecule has 0 aliphatic carbocycles. The summed E-state index contributed by atoms with van der Waals surface area (Å²) in [4.78, 5) is 29.6. The Hall–Kier alpha value is -2.97. The Morgan fingerprint density at radius 2 is 1.86 bits per heavy atom. The van der Waals surface area contributed by atoms with Gasteiger partial charge in [0.05, 0.1) is 27.1 Å². The first-order valence-electron chi connectivity index (χ1n) is 10.2. The number of aliphatic hydroxyl groups excluding tert-OH is 1. The summed E-state index contributed by atoms with van der Waals surface area (Å²) in [6, 6.07) is 14.8. The molecule has 10 heteroatoms. The minimum absolute atomic E-state index is 0.00959. The number of benzene rings is 2. The van der Waals surface area contributed by atoms with Crippen LogP contribution in [-0.4, -0.2) is 28.6 Å². The summed E-state index contributed by atoms with van der Waals surface area (Å²) < 4.78 is 10.9. The zero-order valence-electron chi connectivity index (χ0n) is 18.1. The van der Waals surface area contributed by atoms with Gasteiger partial charge >= 0.3 is 5.97 Å². The third-order valence-electron chi connectivity index (χ3n) is 4.77. The SMILES string of the molecule is CCOC(=O)C1=C(O)C(=Cc2ccc(-c3ccc(Cl)cc3Cl)o2)SC1=NC(=O)c1ccccc1Cl. The van der Waals surface area contributed by atoms with Crippen LogP contribution in [0.5, 0.6) is 0 Å². The van der Waals surface area contributed by atoms with Gasteiger partial charge in [-0.3, -0.25) is 4.79 Å². The number of rotatable bonds is 5. The van der Waals surface area contributed by atoms with Gasteiger partial charge in [-0.25, -0.2) is 9.79 Å². The first-order valence-corrected chi connectivity index (χ1v) is 12.2. The summed E-state index contributed by atoms with van der Waals surface area (Å²) in [6.45, 7) is 1.71. The van der Waals surface area contributed by atoms with Crippen molar-refractivity contribution in [3.8, 4) is 11.3 Å². The van der Waals surface area contributed by atoms with Crippen molar-refractivity contribution < 1.29 is 23.8 Å². The van der Waals surface area contributed by atoms with Gasteiger partial charge in [0, 0.05) is 10.6 Å². The maximum absolute atomic E-state index is 12.7. The van der Waals surface area contributed by atoms with E-state index >= 15 is 0 Å². The lowest BCUT2D eigenvalue weighted by Crippen LogP contribution is -2.14. The number of carbonyl (C=O) groups excluding carboxylic acids is 2. The van der Waals surface area contributed by atoms with E-state index in [1.165, 1.54) is 12.1 Å². The van der Waals surface area contributed by atoms with Gasteiger partial charge in [0.2, 0.25) is 0 Å². The molecule has 0 atom stereocenters. The number of hydrogen-bond donors (Lipinski definition) is 1. The summed E-state index contributed by atoms with van der Waals surface area (Å²) in [6.07, 6.45) is 1.52. The van der Waals surface area contributed by atoms with Gasteiger partial charge in [-0.15, -0.1) is 0 Å². The monoisotopic (exact) mass is 547 g/mol. The Morgan fingerprint density at radius 1 is 1.09 bits per heavy atom. The van der Waals surface area contributed by atoms with E-state index < -0.39 is 11.9 Å². The third-order valence-corrected chi connectivity index (χ3v) is 6.67. The highest BCUT2D eigenvalue weighted by molar-refractivity contribution is 8.18. The number of thioether (sulfide) groups is 1. The van der Waals surface area contributed by atoms with E-state index in [4.69, 9.17) is 44.0 Å². The lowest BCUT2D eigenvalue weighted by molar-refractivity contribution is -0.138. The van der Waals surface area contributed by atoms with Crippen LogP contribution in [0.1, 0.15) is 23.0 Å². The summed E-state index contributed by atoms with van der Waals surface area (Å²) in [7, 11) is 0. The van der Waals surface area contributed by atoms with Crippen LogP contribution < -0.4 is 0 Å². The number of aliphatic imine (C=N–C) groups is 1. The van der Waals surface area contributed by atoms with Crippen LogP contribution in [0, 0.1) is 0 Å². The van der Waals surface area contributed by atoms with Crippen LogP contribution in [0.25, 0.3) is 17.4 Å². The average Bonchev–Trinajstić information content (AvgIpc) is 3.38. The molecule has 0 spiro atoms. The standard InChI is InChI=1S/C25H16Cl3NO5S/c1-2-33-25(32)21-22(30)20(35-24(21)29-23(31)16-5-3-4-6-17(16)27)12-14-8-10-19(34-14)15-9-7-13(26)11-18(15)28/h3-12,30H,2H2,1H3. The minimum atomic E-state index is -0.806. The molecule has 2 heterocycles. The molecule has 0 saturated carbocycles. The second-order valence-electron chi connectivity index (χ2n) is 7.08. The first-order chi connectivity index (χ1) is 16.8. The topological polar surface area (TPSA) is 89.1 Å². The second-order valence-corrected chi connectivity index (χ2v) is 9.36. The second kappa shape index (κ2) is 10.7. The zero-order valence-corrected chi connectivity index (χ0v) is 21.1. The zero-order chi connectivity index (χ0) is 25.1. The van der Waals surface area contributed by atoms with E-state index in [-0.39, 0.29) is 38.5 Å². The van der Waals surface area contributed by atoms with Crippen LogP contribution in [0.2, 0.25) is 15.1 Å². The molecular weight excluding hydrogens is 533 g/mol. The van der Waals surface area contributed by atoms with Crippen molar-refractivity contribution in [2.45, 2.75) is 6.92 Å². The summed E-state index contributed by atoms with van der Waals surface area (Å²) in [5.74, 6) is -0.978. The lowest BCUT2D eigenvalue weighted by atomic mass is 10.2.